The zero-order chi connectivity index (χ0) is 24.4. The molecule has 1 N–H and O–H groups in total. The number of alkyl halides is 3. The zero-order valence-electron chi connectivity index (χ0n) is 18.9. The van der Waals surface area contributed by atoms with Crippen molar-refractivity contribution >= 4 is 10.2 Å². The average Bonchev–Trinajstić information content (AvgIpc) is 3.43. The Morgan fingerprint density at radius 3 is 2.46 bits per heavy atom. The molecule has 1 saturated heterocycles. The van der Waals surface area contributed by atoms with Crippen LogP contribution in [0.2, 0.25) is 0 Å². The topological polar surface area (TPSA) is 67.2 Å². The molecule has 2 heterocycles. The highest BCUT2D eigenvalue weighted by atomic mass is 32.2. The molecule has 0 amide bonds. The number of nitrogens with zero attached hydrogens (tertiary/aromatic N) is 3. The van der Waals surface area contributed by atoms with E-state index in [9.17, 15) is 21.6 Å². The predicted octanol–water partition coefficient (Wildman–Crippen LogP) is 4.12. The minimum atomic E-state index is -4.58. The molecule has 0 unspecified atom stereocenters. The maximum absolute atomic E-state index is 13.1. The van der Waals surface area contributed by atoms with Gasteiger partial charge in [0.05, 0.1) is 17.6 Å². The maximum Gasteiger partial charge on any atom is 0.402 e. The summed E-state index contributed by atoms with van der Waals surface area (Å²) in [6.45, 7) is -1.59. The van der Waals surface area contributed by atoms with Crippen molar-refractivity contribution in [2.75, 3.05) is 13.1 Å². The molecule has 2 fully saturated rings. The van der Waals surface area contributed by atoms with Gasteiger partial charge in [-0.1, -0.05) is 36.4 Å². The molecule has 10 heteroatoms. The number of halogens is 3. The molecule has 35 heavy (non-hydrogen) atoms. The van der Waals surface area contributed by atoms with Crippen LogP contribution >= 0.6 is 0 Å². The van der Waals surface area contributed by atoms with Crippen LogP contribution in [0, 0.1) is 11.8 Å². The van der Waals surface area contributed by atoms with Crippen LogP contribution in [-0.2, 0) is 23.1 Å². The van der Waals surface area contributed by atoms with Gasteiger partial charge in [-0.3, -0.25) is 0 Å². The standard InChI is InChI=1S/C25H25F3N4O2S/c26-25(27,28)15-32-14-24(30-35(32,33)34)20-7-8-21(24)11-19-12-22(9-6-18(19)10-20)31-13-23(29-16-31)17-4-2-1-3-5-17/h1-6,9,12-13,16,20-21,30H,7-8,10-11,14-15H2/t20-,21+,24+/m0/s1. The van der Waals surface area contributed by atoms with Crippen LogP contribution in [0.3, 0.4) is 0 Å². The Morgan fingerprint density at radius 2 is 1.74 bits per heavy atom. The summed E-state index contributed by atoms with van der Waals surface area (Å²) in [6, 6.07) is 16.1. The number of rotatable bonds is 3. The number of benzene rings is 2. The first-order chi connectivity index (χ1) is 16.6. The molecule has 3 aromatic rings. The first kappa shape index (κ1) is 22.8. The van der Waals surface area contributed by atoms with Crippen molar-refractivity contribution < 1.29 is 21.6 Å². The Kier molecular flexibility index (Phi) is 5.14. The van der Waals surface area contributed by atoms with Crippen molar-refractivity contribution in [1.29, 1.82) is 0 Å². The van der Waals surface area contributed by atoms with Crippen LogP contribution < -0.4 is 4.72 Å². The molecular formula is C25H25F3N4O2S. The van der Waals surface area contributed by atoms with E-state index >= 15 is 0 Å². The monoisotopic (exact) mass is 502 g/mol. The minimum absolute atomic E-state index is 0.0365. The fraction of sp³-hybridized carbons (Fsp3) is 0.400. The first-order valence-corrected chi connectivity index (χ1v) is 13.1. The Balaban J connectivity index is 1.30. The highest BCUT2D eigenvalue weighted by molar-refractivity contribution is 7.87. The molecule has 2 aromatic carbocycles. The average molecular weight is 503 g/mol. The van der Waals surface area contributed by atoms with Crippen LogP contribution in [0.4, 0.5) is 13.2 Å². The third kappa shape index (κ3) is 3.97. The molecule has 6 rings (SSSR count). The first-order valence-electron chi connectivity index (χ1n) is 11.7. The van der Waals surface area contributed by atoms with E-state index in [1.165, 1.54) is 0 Å². The Hall–Kier alpha value is -2.69. The largest absolute Gasteiger partial charge is 0.402 e. The van der Waals surface area contributed by atoms with E-state index in [0.717, 1.165) is 40.9 Å². The van der Waals surface area contributed by atoms with Crippen molar-refractivity contribution in [3.05, 3.63) is 72.2 Å². The molecule has 1 aromatic heterocycles. The van der Waals surface area contributed by atoms with Gasteiger partial charge in [0.15, 0.2) is 0 Å². The van der Waals surface area contributed by atoms with Gasteiger partial charge in [-0.25, -0.2) is 4.98 Å². The lowest BCUT2D eigenvalue weighted by Crippen LogP contribution is -2.52. The van der Waals surface area contributed by atoms with Crippen molar-refractivity contribution in [2.24, 2.45) is 11.8 Å². The second-order valence-electron chi connectivity index (χ2n) is 9.90. The fourth-order valence-corrected chi connectivity index (χ4v) is 7.92. The number of aromatic nitrogens is 2. The van der Waals surface area contributed by atoms with E-state index < -0.39 is 28.5 Å². The molecule has 6 nitrogen and oxygen atoms in total. The number of nitrogens with one attached hydrogen (secondary N) is 1. The molecule has 1 spiro atoms. The molecule has 2 bridgehead atoms. The van der Waals surface area contributed by atoms with E-state index in [1.54, 1.807) is 6.33 Å². The van der Waals surface area contributed by atoms with Gasteiger partial charge in [0, 0.05) is 24.0 Å². The van der Waals surface area contributed by atoms with Crippen molar-refractivity contribution in [3.63, 3.8) is 0 Å². The summed E-state index contributed by atoms with van der Waals surface area (Å²) in [7, 11) is -4.18. The molecule has 3 atom stereocenters. The van der Waals surface area contributed by atoms with Gasteiger partial charge in [0.2, 0.25) is 0 Å². The van der Waals surface area contributed by atoms with Crippen LogP contribution in [0.5, 0.6) is 0 Å². The number of hydrogen-bond donors (Lipinski definition) is 1. The van der Waals surface area contributed by atoms with Crippen LogP contribution in [0.1, 0.15) is 24.0 Å². The Labute approximate surface area is 202 Å². The van der Waals surface area contributed by atoms with E-state index in [-0.39, 0.29) is 18.4 Å². The minimum Gasteiger partial charge on any atom is -0.306 e. The molecule has 2 aliphatic carbocycles. The van der Waals surface area contributed by atoms with Crippen LogP contribution in [0.25, 0.3) is 16.9 Å². The van der Waals surface area contributed by atoms with Gasteiger partial charge in [0.25, 0.3) is 10.2 Å². The van der Waals surface area contributed by atoms with Crippen molar-refractivity contribution in [2.45, 2.75) is 37.4 Å². The highest BCUT2D eigenvalue weighted by Crippen LogP contribution is 2.50. The predicted molar refractivity (Wildman–Crippen MR) is 125 cm³/mol. The summed E-state index contributed by atoms with van der Waals surface area (Å²) < 4.78 is 69.9. The van der Waals surface area contributed by atoms with Gasteiger partial charge in [-0.15, -0.1) is 0 Å². The second kappa shape index (κ2) is 7.91. The number of fused-ring (bicyclic) bond motifs is 1. The molecule has 184 valence electrons. The van der Waals surface area contributed by atoms with Gasteiger partial charge in [-0.05, 0) is 60.8 Å². The lowest BCUT2D eigenvalue weighted by atomic mass is 9.79. The third-order valence-corrected chi connectivity index (χ3v) is 9.42. The van der Waals surface area contributed by atoms with Crippen LogP contribution in [0.15, 0.2) is 61.1 Å². The summed E-state index contributed by atoms with van der Waals surface area (Å²) >= 11 is 0. The molecular weight excluding hydrogens is 477 g/mol. The summed E-state index contributed by atoms with van der Waals surface area (Å²) in [6.07, 6.45) is 2.04. The van der Waals surface area contributed by atoms with Gasteiger partial charge < -0.3 is 4.57 Å². The number of hydrogen-bond acceptors (Lipinski definition) is 3. The number of imidazole rings is 1. The highest BCUT2D eigenvalue weighted by Gasteiger charge is 2.60. The fourth-order valence-electron chi connectivity index (χ4n) is 6.21. The van der Waals surface area contributed by atoms with E-state index in [0.29, 0.717) is 17.1 Å². The molecule has 0 radical (unpaired) electrons. The zero-order valence-corrected chi connectivity index (χ0v) is 19.7. The van der Waals surface area contributed by atoms with E-state index in [4.69, 9.17) is 0 Å². The second-order valence-corrected chi connectivity index (χ2v) is 11.6. The normalized spacial score (nSPS) is 27.7. The third-order valence-electron chi connectivity index (χ3n) is 7.85. The van der Waals surface area contributed by atoms with Crippen molar-refractivity contribution in [1.82, 2.24) is 18.6 Å². The summed E-state index contributed by atoms with van der Waals surface area (Å²) in [5, 5.41) is 0. The van der Waals surface area contributed by atoms with Gasteiger partial charge in [-0.2, -0.15) is 30.6 Å². The van der Waals surface area contributed by atoms with Gasteiger partial charge >= 0.3 is 6.18 Å². The SMILES string of the molecule is O=S1(=O)N[C@@]2(CN1CC(F)(F)F)[C@@H]1CC[C@H]2Cc2ccc(-n3cnc(-c4ccccc4)c3)cc2C1. The Bertz CT molecular complexity index is 1370. The Morgan fingerprint density at radius 1 is 1.03 bits per heavy atom. The molecule has 1 aliphatic heterocycles. The lowest BCUT2D eigenvalue weighted by molar-refractivity contribution is -0.136. The summed E-state index contributed by atoms with van der Waals surface area (Å²) in [5.41, 5.74) is 4.24. The molecule has 1 saturated carbocycles. The maximum atomic E-state index is 13.1. The van der Waals surface area contributed by atoms with Crippen molar-refractivity contribution in [3.8, 4) is 16.9 Å². The smallest absolute Gasteiger partial charge is 0.306 e. The van der Waals surface area contributed by atoms with Crippen LogP contribution in [-0.4, -0.2) is 47.1 Å². The quantitative estimate of drug-likeness (QED) is 0.586. The summed E-state index contributed by atoms with van der Waals surface area (Å²) in [4.78, 5) is 4.53. The lowest BCUT2D eigenvalue weighted by Gasteiger charge is -2.33. The summed E-state index contributed by atoms with van der Waals surface area (Å²) in [5.74, 6) is -0.0924. The molecule has 3 aliphatic rings. The van der Waals surface area contributed by atoms with E-state index in [2.05, 4.69) is 21.8 Å². The van der Waals surface area contributed by atoms with E-state index in [1.807, 2.05) is 47.2 Å². The van der Waals surface area contributed by atoms with Gasteiger partial charge in [0.1, 0.15) is 6.54 Å².